The summed E-state index contributed by atoms with van der Waals surface area (Å²) >= 11 is 3.43. The van der Waals surface area contributed by atoms with Crippen LogP contribution in [0.25, 0.3) is 32.7 Å². The van der Waals surface area contributed by atoms with Gasteiger partial charge < -0.3 is 29.5 Å². The molecular weight excluding hydrogens is 1390 g/mol. The predicted octanol–water partition coefficient (Wildman–Crippen LogP) is 16.0. The maximum atomic E-state index is 13.8. The number of Topliss-reactive ketones (excluding diaryl/α,β-unsaturated/α-hetero) is 3. The van der Waals surface area contributed by atoms with Gasteiger partial charge in [0.1, 0.15) is 17.8 Å². The zero-order valence-electron chi connectivity index (χ0n) is 65.7. The number of rotatable bonds is 11. The van der Waals surface area contributed by atoms with E-state index in [9.17, 15) is 29.7 Å². The number of methoxy groups -OCH3 is 3. The van der Waals surface area contributed by atoms with Gasteiger partial charge in [0.15, 0.2) is 11.6 Å². The van der Waals surface area contributed by atoms with Crippen LogP contribution in [0.2, 0.25) is 0 Å². The summed E-state index contributed by atoms with van der Waals surface area (Å²) < 4.78 is 22.3. The third-order valence-electron chi connectivity index (χ3n) is 33.9. The van der Waals surface area contributed by atoms with Crippen molar-refractivity contribution in [3.8, 4) is 0 Å². The van der Waals surface area contributed by atoms with Gasteiger partial charge in [-0.1, -0.05) is 57.5 Å². The van der Waals surface area contributed by atoms with E-state index in [1.807, 2.05) is 77.4 Å². The van der Waals surface area contributed by atoms with Gasteiger partial charge in [-0.2, -0.15) is 15.3 Å². The Balaban J connectivity index is 0.000000121. The number of carbonyl (C=O) groups excluding carboxylic acids is 3. The summed E-state index contributed by atoms with van der Waals surface area (Å²) in [6.45, 7) is 21.3. The number of ether oxygens (including phenoxy) is 3. The van der Waals surface area contributed by atoms with Gasteiger partial charge in [0.2, 0.25) is 0 Å². The molecule has 106 heavy (non-hydrogen) atoms. The first-order chi connectivity index (χ1) is 50.5. The average molecular weight is 1520 g/mol. The Morgan fingerprint density at radius 1 is 0.481 bits per heavy atom. The second kappa shape index (κ2) is 28.7. The SMILES string of the molecule is CO[C@H]1C[C@H]2[C@@H](CC[C@H]3C[C@](C)(O)CC[C@@]32C)[C@@H]2CC[C@H](C(=O)CBr)[C@@]12C.CO[C@H]1C[C@H]2[C@@H](CC[C@H]3C[C@](C)(O)CC[C@@]32C)[C@@H]2CC[C@H](C(=O)Cn3cc4ccncc4n3)[C@@]12C.CO[C@H]1C[C@H]2[C@@H](CC[C@H]3C[C@](C)(O)CC[C@@]32C)[C@@H]2CC[C@H](C(=O)Cn3ncc4ccncc43)[C@@]12C.c1cc2cn[nH]c2cn1. The highest BCUT2D eigenvalue weighted by Crippen LogP contribution is 2.72. The number of H-pyrrole nitrogens is 1. The first-order valence-corrected chi connectivity index (χ1v) is 42.2. The number of aliphatic hydroxyl groups is 3. The van der Waals surface area contributed by atoms with Gasteiger partial charge in [-0.3, -0.25) is 43.8 Å². The van der Waals surface area contributed by atoms with E-state index in [1.54, 1.807) is 48.1 Å². The third kappa shape index (κ3) is 13.0. The first kappa shape index (κ1) is 76.5. The van der Waals surface area contributed by atoms with Crippen molar-refractivity contribution in [3.63, 3.8) is 0 Å². The number of pyridine rings is 3. The van der Waals surface area contributed by atoms with E-state index in [0.29, 0.717) is 100 Å². The Labute approximate surface area is 637 Å². The van der Waals surface area contributed by atoms with Crippen LogP contribution in [-0.2, 0) is 41.7 Å². The molecule has 0 amide bonds. The minimum absolute atomic E-state index is 0.00643. The van der Waals surface area contributed by atoms with Crippen molar-refractivity contribution < 1.29 is 43.9 Å². The molecule has 12 saturated carbocycles. The van der Waals surface area contributed by atoms with E-state index in [0.717, 1.165) is 148 Å². The van der Waals surface area contributed by atoms with Crippen LogP contribution in [0, 0.1) is 121 Å². The maximum Gasteiger partial charge on any atom is 0.158 e. The number of fused-ring (bicyclic) bond motifs is 18. The largest absolute Gasteiger partial charge is 0.390 e. The van der Waals surface area contributed by atoms with Crippen LogP contribution >= 0.6 is 15.9 Å². The van der Waals surface area contributed by atoms with Crippen molar-refractivity contribution >= 4 is 66.0 Å². The number of aromatic amines is 1. The number of ketones is 3. The maximum absolute atomic E-state index is 13.8. The Kier molecular flexibility index (Phi) is 20.7. The predicted molar refractivity (Wildman–Crippen MR) is 414 cm³/mol. The van der Waals surface area contributed by atoms with Crippen LogP contribution in [0.5, 0.6) is 0 Å². The smallest absolute Gasteiger partial charge is 0.158 e. The van der Waals surface area contributed by atoms with Crippen LogP contribution < -0.4 is 0 Å². The molecule has 0 aliphatic heterocycles. The molecule has 0 unspecified atom stereocenters. The molecule has 27 atom stereocenters. The summed E-state index contributed by atoms with van der Waals surface area (Å²) in [6.07, 6.45) is 42.4. The molecule has 578 valence electrons. The molecule has 18 nitrogen and oxygen atoms in total. The van der Waals surface area contributed by atoms with Crippen molar-refractivity contribution in [3.05, 3.63) is 74.0 Å². The third-order valence-corrected chi connectivity index (χ3v) is 34.5. The molecule has 19 heteroatoms. The first-order valence-electron chi connectivity index (χ1n) is 41.1. The van der Waals surface area contributed by atoms with Gasteiger partial charge in [-0.05, 0) is 280 Å². The lowest BCUT2D eigenvalue weighted by Gasteiger charge is -2.63. The van der Waals surface area contributed by atoms with Crippen LogP contribution in [0.4, 0.5) is 0 Å². The highest BCUT2D eigenvalue weighted by Gasteiger charge is 2.69. The standard InChI is InChI=1S/2C29H41N3O3.C23H37BrO3.C6H5N3/c1-27(34)10-11-28(2)19(14-27)5-6-20-21-7-8-22(29(21,3)26(35-4)13-23(20)28)25(33)17-32-16-18-9-12-30-15-24(18)31-32;1-27(34)10-11-28(2)19(14-27)5-6-20-21-7-8-22(29(21,3)26(35-4)13-23(20)28)25(33)17-32-24-16-30-12-9-18(24)15-31-32;1-21(26)9-10-22(2)14(12-21)5-6-15-16-7-8-17(19(25)13-24)23(16,3)20(27-4)11-18(15)22;1-2-7-4-6-5(1)3-8-9-6/h2*9,12,15-16,19-23,26,34H,5-8,10-11,13-14,17H2,1-4H3;14-18,20,26H,5-13H2,1-4H3;1-4H,(H,8,9)/t2*19-,20-,21-,22+,23-,26-,27+,28-,29-;14-,15-,16-,17+,18-,20-,21+,22-,23-;/m000./s1. The zero-order valence-corrected chi connectivity index (χ0v) is 67.2. The fourth-order valence-electron chi connectivity index (χ4n) is 28.2. The molecular formula is C87H124BrN9O9. The molecule has 6 aromatic rings. The molecule has 4 N–H and O–H groups in total. The number of nitrogens with one attached hydrogen (secondary N) is 1. The number of hydrogen-bond acceptors (Lipinski definition) is 15. The van der Waals surface area contributed by atoms with Crippen LogP contribution in [0.1, 0.15) is 216 Å². The lowest BCUT2D eigenvalue weighted by atomic mass is 9.43. The lowest BCUT2D eigenvalue weighted by Crippen LogP contribution is -2.60. The number of hydrogen-bond donors (Lipinski definition) is 4. The molecule has 12 aliphatic rings. The second-order valence-electron chi connectivity index (χ2n) is 38.8. The monoisotopic (exact) mass is 1520 g/mol. The van der Waals surface area contributed by atoms with Crippen molar-refractivity contribution in [1.82, 2.24) is 44.7 Å². The van der Waals surface area contributed by atoms with Gasteiger partial charge in [-0.15, -0.1) is 0 Å². The highest BCUT2D eigenvalue weighted by molar-refractivity contribution is 9.09. The molecule has 0 spiro atoms. The van der Waals surface area contributed by atoms with Crippen molar-refractivity contribution in [1.29, 1.82) is 0 Å². The molecule has 0 radical (unpaired) electrons. The Morgan fingerprint density at radius 2 is 0.896 bits per heavy atom. The van der Waals surface area contributed by atoms with E-state index >= 15 is 0 Å². The van der Waals surface area contributed by atoms with Crippen molar-refractivity contribution in [2.24, 2.45) is 121 Å². The fourth-order valence-corrected chi connectivity index (χ4v) is 28.6. The molecule has 6 aromatic heterocycles. The second-order valence-corrected chi connectivity index (χ2v) is 39.4. The van der Waals surface area contributed by atoms with Crippen molar-refractivity contribution in [2.75, 3.05) is 26.7 Å². The summed E-state index contributed by atoms with van der Waals surface area (Å²) in [5.41, 5.74) is 1.83. The summed E-state index contributed by atoms with van der Waals surface area (Å²) in [6, 6.07) is 5.80. The van der Waals surface area contributed by atoms with Gasteiger partial charge >= 0.3 is 0 Å². The van der Waals surface area contributed by atoms with Gasteiger partial charge in [0, 0.05) is 96.3 Å². The molecule has 0 saturated heterocycles. The summed E-state index contributed by atoms with van der Waals surface area (Å²) in [4.78, 5) is 52.7. The lowest BCUT2D eigenvalue weighted by molar-refractivity contribution is -0.188. The van der Waals surface area contributed by atoms with Gasteiger partial charge in [-0.25, -0.2) is 0 Å². The van der Waals surface area contributed by atoms with E-state index in [1.165, 1.54) is 44.9 Å². The summed E-state index contributed by atoms with van der Waals surface area (Å²) in [5, 5.41) is 51.7. The van der Waals surface area contributed by atoms with Gasteiger partial charge in [0.05, 0.1) is 89.0 Å². The summed E-state index contributed by atoms with van der Waals surface area (Å²) in [5.74, 6) is 8.55. The van der Waals surface area contributed by atoms with E-state index in [2.05, 4.69) is 92.8 Å². The molecule has 0 bridgehead atoms. The number of alkyl halides is 1. The van der Waals surface area contributed by atoms with Crippen LogP contribution in [0.15, 0.2) is 74.0 Å². The van der Waals surface area contributed by atoms with Crippen LogP contribution in [-0.4, -0.2) is 139 Å². The average Bonchev–Trinajstić information content (AvgIpc) is 1.47. The molecule has 6 heterocycles. The zero-order chi connectivity index (χ0) is 74.9. The Bertz CT molecular complexity index is 4100. The van der Waals surface area contributed by atoms with E-state index < -0.39 is 16.8 Å². The number of carbonyl (C=O) groups is 3. The molecule has 12 aliphatic carbocycles. The highest BCUT2D eigenvalue weighted by atomic mass is 79.9. The van der Waals surface area contributed by atoms with Crippen molar-refractivity contribution in [2.45, 2.75) is 265 Å². The van der Waals surface area contributed by atoms with Crippen LogP contribution in [0.3, 0.4) is 0 Å². The minimum Gasteiger partial charge on any atom is -0.390 e. The normalized spacial score (nSPS) is 44.6. The van der Waals surface area contributed by atoms with E-state index in [-0.39, 0.29) is 68.9 Å². The van der Waals surface area contributed by atoms with Gasteiger partial charge in [0.25, 0.3) is 0 Å². The summed E-state index contributed by atoms with van der Waals surface area (Å²) in [7, 11) is 5.57. The Hall–Kier alpha value is -4.89. The van der Waals surface area contributed by atoms with E-state index in [4.69, 9.17) is 14.2 Å². The molecule has 0 aromatic carbocycles. The molecule has 12 fully saturated rings. The minimum atomic E-state index is -0.516. The quantitative estimate of drug-likeness (QED) is 0.0882. The number of halogens is 1. The number of nitrogens with zero attached hydrogens (tertiary/aromatic N) is 8. The fraction of sp³-hybridized carbons (Fsp3) is 0.759. The topological polar surface area (TPSA) is 243 Å². The Morgan fingerprint density at radius 3 is 1.33 bits per heavy atom. The number of aromatic nitrogens is 9. The molecule has 18 rings (SSSR count).